The van der Waals surface area contributed by atoms with Crippen molar-refractivity contribution in [2.75, 3.05) is 5.73 Å². The Hall–Kier alpha value is -2.14. The van der Waals surface area contributed by atoms with Gasteiger partial charge >= 0.3 is 0 Å². The van der Waals surface area contributed by atoms with E-state index in [1.165, 1.54) is 18.0 Å². The van der Waals surface area contributed by atoms with Gasteiger partial charge in [0.15, 0.2) is 11.0 Å². The van der Waals surface area contributed by atoms with Crippen molar-refractivity contribution in [3.05, 3.63) is 23.5 Å². The molecule has 1 atom stereocenters. The Morgan fingerprint density at radius 1 is 1.50 bits per heavy atom. The van der Waals surface area contributed by atoms with Gasteiger partial charge in [0, 0.05) is 0 Å². The highest BCUT2D eigenvalue weighted by atomic mass is 32.2. The smallest absolute Gasteiger partial charge is 0.239 e. The van der Waals surface area contributed by atoms with Crippen LogP contribution in [0.1, 0.15) is 29.5 Å². The third kappa shape index (κ3) is 2.57. The maximum absolute atomic E-state index is 8.72. The van der Waals surface area contributed by atoms with Gasteiger partial charge in [0.05, 0.1) is 11.4 Å². The number of thioether (sulfide) groups is 1. The summed E-state index contributed by atoms with van der Waals surface area (Å²) in [4.78, 5) is 12.2. The molecule has 1 unspecified atom stereocenters. The largest absolute Gasteiger partial charge is 0.382 e. The van der Waals surface area contributed by atoms with Crippen LogP contribution in [-0.4, -0.2) is 20.1 Å². The monoisotopic (exact) mass is 262 g/mol. The third-order valence-corrected chi connectivity index (χ3v) is 3.05. The Kier molecular flexibility index (Phi) is 3.43. The molecule has 2 aromatic rings. The fourth-order valence-electron chi connectivity index (χ4n) is 1.21. The number of aryl methyl sites for hydroxylation is 1. The number of nitrogens with two attached hydrogens (primary N) is 1. The molecule has 0 amide bonds. The predicted molar refractivity (Wildman–Crippen MR) is 64.5 cm³/mol. The number of nitriles is 1. The van der Waals surface area contributed by atoms with E-state index in [4.69, 9.17) is 15.5 Å². The average molecular weight is 262 g/mol. The van der Waals surface area contributed by atoms with Crippen LogP contribution < -0.4 is 5.73 Å². The van der Waals surface area contributed by atoms with Crippen LogP contribution in [0.3, 0.4) is 0 Å². The molecule has 7 nitrogen and oxygen atoms in total. The molecule has 0 aromatic carbocycles. The summed E-state index contributed by atoms with van der Waals surface area (Å²) in [5.74, 6) is 1.26. The van der Waals surface area contributed by atoms with Crippen LogP contribution >= 0.6 is 11.8 Å². The van der Waals surface area contributed by atoms with E-state index >= 15 is 0 Å². The molecule has 0 radical (unpaired) electrons. The lowest BCUT2D eigenvalue weighted by molar-refractivity contribution is 0.376. The molecule has 0 fully saturated rings. The number of anilines is 1. The number of aromatic nitrogens is 4. The van der Waals surface area contributed by atoms with E-state index in [-0.39, 0.29) is 16.6 Å². The van der Waals surface area contributed by atoms with Gasteiger partial charge in [-0.1, -0.05) is 16.9 Å². The van der Waals surface area contributed by atoms with Gasteiger partial charge in [0.25, 0.3) is 0 Å². The molecule has 8 heteroatoms. The lowest BCUT2D eigenvalue weighted by Gasteiger charge is -2.05. The van der Waals surface area contributed by atoms with Gasteiger partial charge in [-0.05, 0) is 13.8 Å². The number of nitrogen functional groups attached to an aromatic ring is 1. The van der Waals surface area contributed by atoms with Gasteiger partial charge in [-0.2, -0.15) is 10.2 Å². The SMILES string of the molecule is Cc1noc(C(C)Sc2ncc(C#N)c(N)n2)n1. The van der Waals surface area contributed by atoms with Crippen molar-refractivity contribution >= 4 is 17.6 Å². The summed E-state index contributed by atoms with van der Waals surface area (Å²) in [6, 6.07) is 1.91. The minimum atomic E-state index is -0.0847. The normalized spacial score (nSPS) is 12.1. The standard InChI is InChI=1S/C10H10N6OS/c1-5(9-14-6(2)16-17-9)18-10-13-4-7(3-11)8(12)15-10/h4-5H,1-2H3,(H2,12,13,15). The third-order valence-electron chi connectivity index (χ3n) is 2.09. The topological polar surface area (TPSA) is 115 Å². The van der Waals surface area contributed by atoms with Crippen LogP contribution in [0.25, 0.3) is 0 Å². The van der Waals surface area contributed by atoms with Crippen molar-refractivity contribution in [1.29, 1.82) is 5.26 Å². The summed E-state index contributed by atoms with van der Waals surface area (Å²) in [5, 5.41) is 12.8. The highest BCUT2D eigenvalue weighted by Crippen LogP contribution is 2.31. The van der Waals surface area contributed by atoms with Gasteiger partial charge in [-0.25, -0.2) is 9.97 Å². The van der Waals surface area contributed by atoms with Crippen LogP contribution in [0.2, 0.25) is 0 Å². The molecule has 2 heterocycles. The summed E-state index contributed by atoms with van der Waals surface area (Å²) >= 11 is 1.34. The second kappa shape index (κ2) is 5.01. The van der Waals surface area contributed by atoms with Gasteiger partial charge in [0.1, 0.15) is 17.5 Å². The van der Waals surface area contributed by atoms with E-state index in [0.29, 0.717) is 16.9 Å². The zero-order valence-electron chi connectivity index (χ0n) is 9.78. The van der Waals surface area contributed by atoms with Crippen molar-refractivity contribution in [1.82, 2.24) is 20.1 Å². The first kappa shape index (κ1) is 12.3. The molecule has 0 aliphatic rings. The number of nitrogens with zero attached hydrogens (tertiary/aromatic N) is 5. The maximum Gasteiger partial charge on any atom is 0.239 e. The molecular formula is C10H10N6OS. The van der Waals surface area contributed by atoms with Crippen LogP contribution in [0.15, 0.2) is 15.9 Å². The van der Waals surface area contributed by atoms with Crippen molar-refractivity contribution in [3.63, 3.8) is 0 Å². The Balaban J connectivity index is 2.15. The van der Waals surface area contributed by atoms with Gasteiger partial charge in [0.2, 0.25) is 5.89 Å². The Morgan fingerprint density at radius 2 is 2.28 bits per heavy atom. The summed E-state index contributed by atoms with van der Waals surface area (Å²) < 4.78 is 5.05. The first-order valence-electron chi connectivity index (χ1n) is 5.09. The van der Waals surface area contributed by atoms with Crippen molar-refractivity contribution in [2.24, 2.45) is 0 Å². The zero-order valence-corrected chi connectivity index (χ0v) is 10.6. The molecule has 0 bridgehead atoms. The summed E-state index contributed by atoms with van der Waals surface area (Å²) in [7, 11) is 0. The molecule has 2 N–H and O–H groups in total. The number of hydrogen-bond donors (Lipinski definition) is 1. The molecular weight excluding hydrogens is 252 g/mol. The van der Waals surface area contributed by atoms with E-state index in [9.17, 15) is 0 Å². The quantitative estimate of drug-likeness (QED) is 0.653. The minimum absolute atomic E-state index is 0.0847. The van der Waals surface area contributed by atoms with Crippen molar-refractivity contribution in [3.8, 4) is 6.07 Å². The van der Waals surface area contributed by atoms with Gasteiger partial charge in [-0.15, -0.1) is 0 Å². The number of hydrogen-bond acceptors (Lipinski definition) is 8. The fraction of sp³-hybridized carbons (Fsp3) is 0.300. The highest BCUT2D eigenvalue weighted by molar-refractivity contribution is 7.99. The van der Waals surface area contributed by atoms with E-state index < -0.39 is 0 Å². The van der Waals surface area contributed by atoms with Gasteiger partial charge < -0.3 is 10.3 Å². The second-order valence-electron chi connectivity index (χ2n) is 3.50. The van der Waals surface area contributed by atoms with Crippen molar-refractivity contribution in [2.45, 2.75) is 24.3 Å². The molecule has 0 aliphatic carbocycles. The molecule has 18 heavy (non-hydrogen) atoms. The molecule has 0 spiro atoms. The van der Waals surface area contributed by atoms with Crippen molar-refractivity contribution < 1.29 is 4.52 Å². The van der Waals surface area contributed by atoms with Crippen LogP contribution in [0.4, 0.5) is 5.82 Å². The van der Waals surface area contributed by atoms with E-state index in [0.717, 1.165) is 0 Å². The Bertz CT molecular complexity index is 605. The minimum Gasteiger partial charge on any atom is -0.382 e. The first-order chi connectivity index (χ1) is 8.60. The Morgan fingerprint density at radius 3 is 2.83 bits per heavy atom. The summed E-state index contributed by atoms with van der Waals surface area (Å²) in [6.07, 6.45) is 1.40. The average Bonchev–Trinajstić information content (AvgIpc) is 2.76. The second-order valence-corrected chi connectivity index (χ2v) is 4.81. The predicted octanol–water partition coefficient (Wildman–Crippen LogP) is 1.48. The van der Waals surface area contributed by atoms with E-state index in [1.807, 2.05) is 13.0 Å². The molecule has 0 saturated heterocycles. The lowest BCUT2D eigenvalue weighted by Crippen LogP contribution is -1.99. The fourth-order valence-corrected chi connectivity index (χ4v) is 1.99. The Labute approximate surface area is 107 Å². The highest BCUT2D eigenvalue weighted by Gasteiger charge is 2.16. The van der Waals surface area contributed by atoms with E-state index in [2.05, 4.69) is 20.1 Å². The molecule has 92 valence electrons. The lowest BCUT2D eigenvalue weighted by atomic mass is 10.3. The molecule has 2 aromatic heterocycles. The molecule has 0 saturated carbocycles. The molecule has 2 rings (SSSR count). The summed E-state index contributed by atoms with van der Waals surface area (Å²) in [6.45, 7) is 3.65. The van der Waals surface area contributed by atoms with Crippen LogP contribution in [-0.2, 0) is 0 Å². The summed E-state index contributed by atoms with van der Waals surface area (Å²) in [5.41, 5.74) is 5.88. The van der Waals surface area contributed by atoms with E-state index in [1.54, 1.807) is 6.92 Å². The zero-order chi connectivity index (χ0) is 13.1. The van der Waals surface area contributed by atoms with Crippen LogP contribution in [0, 0.1) is 18.3 Å². The van der Waals surface area contributed by atoms with Gasteiger partial charge in [-0.3, -0.25) is 0 Å². The first-order valence-corrected chi connectivity index (χ1v) is 5.97. The van der Waals surface area contributed by atoms with Crippen LogP contribution in [0.5, 0.6) is 0 Å². The number of rotatable bonds is 3. The maximum atomic E-state index is 8.72. The molecule has 0 aliphatic heterocycles.